The SMILES string of the molecule is Nc1cc(Br)cc(Br)c1S(=O)(=O)NCCC1CCCO1. The van der Waals surface area contributed by atoms with Gasteiger partial charge in [0.15, 0.2) is 0 Å². The average molecular weight is 428 g/mol. The molecule has 1 aromatic rings. The Morgan fingerprint density at radius 2 is 2.15 bits per heavy atom. The molecule has 0 amide bonds. The van der Waals surface area contributed by atoms with Gasteiger partial charge in [0.25, 0.3) is 0 Å². The fraction of sp³-hybridized carbons (Fsp3) is 0.500. The van der Waals surface area contributed by atoms with Crippen molar-refractivity contribution in [2.24, 2.45) is 0 Å². The lowest BCUT2D eigenvalue weighted by atomic mass is 10.2. The van der Waals surface area contributed by atoms with E-state index in [1.807, 2.05) is 0 Å². The molecule has 0 aromatic heterocycles. The Morgan fingerprint density at radius 1 is 1.40 bits per heavy atom. The topological polar surface area (TPSA) is 81.4 Å². The number of benzene rings is 1. The van der Waals surface area contributed by atoms with Gasteiger partial charge in [0.2, 0.25) is 10.0 Å². The molecule has 2 rings (SSSR count). The molecule has 1 fully saturated rings. The summed E-state index contributed by atoms with van der Waals surface area (Å²) in [6.45, 7) is 1.11. The molecule has 0 bridgehead atoms. The van der Waals surface area contributed by atoms with Gasteiger partial charge < -0.3 is 10.5 Å². The fourth-order valence-electron chi connectivity index (χ4n) is 2.16. The molecule has 0 spiro atoms. The average Bonchev–Trinajstić information content (AvgIpc) is 2.79. The van der Waals surface area contributed by atoms with E-state index >= 15 is 0 Å². The smallest absolute Gasteiger partial charge is 0.243 e. The van der Waals surface area contributed by atoms with Gasteiger partial charge in [0.1, 0.15) is 4.90 Å². The Morgan fingerprint density at radius 3 is 2.75 bits per heavy atom. The first kappa shape index (κ1) is 16.2. The highest BCUT2D eigenvalue weighted by molar-refractivity contribution is 9.11. The molecule has 1 atom stereocenters. The maximum Gasteiger partial charge on any atom is 0.243 e. The van der Waals surface area contributed by atoms with Crippen LogP contribution in [0.2, 0.25) is 0 Å². The second-order valence-electron chi connectivity index (χ2n) is 4.63. The van der Waals surface area contributed by atoms with Crippen LogP contribution in [-0.2, 0) is 14.8 Å². The number of hydrogen-bond acceptors (Lipinski definition) is 4. The molecule has 20 heavy (non-hydrogen) atoms. The molecule has 1 saturated heterocycles. The lowest BCUT2D eigenvalue weighted by molar-refractivity contribution is 0.105. The second-order valence-corrected chi connectivity index (χ2v) is 8.10. The second kappa shape index (κ2) is 6.74. The van der Waals surface area contributed by atoms with Gasteiger partial charge in [-0.15, -0.1) is 0 Å². The van der Waals surface area contributed by atoms with Crippen LogP contribution in [0, 0.1) is 0 Å². The Balaban J connectivity index is 2.06. The first-order valence-electron chi connectivity index (χ1n) is 6.26. The minimum Gasteiger partial charge on any atom is -0.398 e. The summed E-state index contributed by atoms with van der Waals surface area (Å²) in [7, 11) is -3.63. The third-order valence-corrected chi connectivity index (χ3v) is 6.01. The van der Waals surface area contributed by atoms with E-state index < -0.39 is 10.0 Å². The van der Waals surface area contributed by atoms with E-state index in [9.17, 15) is 8.42 Å². The first-order chi connectivity index (χ1) is 9.40. The van der Waals surface area contributed by atoms with Gasteiger partial charge in [-0.3, -0.25) is 0 Å². The molecule has 0 radical (unpaired) electrons. The highest BCUT2D eigenvalue weighted by Gasteiger charge is 2.22. The third-order valence-electron chi connectivity index (χ3n) is 3.09. The van der Waals surface area contributed by atoms with E-state index in [-0.39, 0.29) is 16.7 Å². The lowest BCUT2D eigenvalue weighted by Crippen LogP contribution is -2.28. The predicted octanol–water partition coefficient (Wildman–Crippen LogP) is 2.64. The number of ether oxygens (including phenoxy) is 1. The Labute approximate surface area is 135 Å². The van der Waals surface area contributed by atoms with E-state index in [1.54, 1.807) is 12.1 Å². The van der Waals surface area contributed by atoms with Crippen molar-refractivity contribution in [3.8, 4) is 0 Å². The van der Waals surface area contributed by atoms with E-state index in [4.69, 9.17) is 10.5 Å². The van der Waals surface area contributed by atoms with Crippen LogP contribution in [0.5, 0.6) is 0 Å². The van der Waals surface area contributed by atoms with E-state index in [2.05, 4.69) is 36.6 Å². The maximum atomic E-state index is 12.3. The summed E-state index contributed by atoms with van der Waals surface area (Å²) in [5.41, 5.74) is 6.00. The largest absolute Gasteiger partial charge is 0.398 e. The van der Waals surface area contributed by atoms with Crippen LogP contribution in [0.1, 0.15) is 19.3 Å². The van der Waals surface area contributed by atoms with Crippen LogP contribution >= 0.6 is 31.9 Å². The summed E-state index contributed by atoms with van der Waals surface area (Å²) in [5.74, 6) is 0. The number of nitrogens with one attached hydrogen (secondary N) is 1. The predicted molar refractivity (Wildman–Crippen MR) is 85.0 cm³/mol. The molecule has 0 aliphatic carbocycles. The number of rotatable bonds is 5. The normalized spacial score (nSPS) is 19.4. The van der Waals surface area contributed by atoms with Crippen molar-refractivity contribution in [3.05, 3.63) is 21.1 Å². The van der Waals surface area contributed by atoms with Gasteiger partial charge in [-0.05, 0) is 47.3 Å². The zero-order valence-corrected chi connectivity index (χ0v) is 14.7. The van der Waals surface area contributed by atoms with Gasteiger partial charge in [-0.25, -0.2) is 13.1 Å². The van der Waals surface area contributed by atoms with Crippen molar-refractivity contribution in [1.29, 1.82) is 0 Å². The van der Waals surface area contributed by atoms with Crippen molar-refractivity contribution < 1.29 is 13.2 Å². The lowest BCUT2D eigenvalue weighted by Gasteiger charge is -2.13. The van der Waals surface area contributed by atoms with Crippen LogP contribution in [0.4, 0.5) is 5.69 Å². The van der Waals surface area contributed by atoms with Crippen LogP contribution in [0.15, 0.2) is 26.0 Å². The first-order valence-corrected chi connectivity index (χ1v) is 9.33. The number of nitrogen functional groups attached to an aromatic ring is 1. The van der Waals surface area contributed by atoms with E-state index in [0.29, 0.717) is 17.4 Å². The molecule has 1 heterocycles. The monoisotopic (exact) mass is 426 g/mol. The Kier molecular flexibility index (Phi) is 5.47. The van der Waals surface area contributed by atoms with Crippen LogP contribution < -0.4 is 10.5 Å². The van der Waals surface area contributed by atoms with Gasteiger partial charge in [-0.2, -0.15) is 0 Å². The number of anilines is 1. The number of nitrogens with two attached hydrogens (primary N) is 1. The van der Waals surface area contributed by atoms with Crippen molar-refractivity contribution in [2.45, 2.75) is 30.3 Å². The molecule has 0 saturated carbocycles. The number of sulfonamides is 1. The highest BCUT2D eigenvalue weighted by Crippen LogP contribution is 2.31. The zero-order chi connectivity index (χ0) is 14.8. The molecule has 3 N–H and O–H groups in total. The number of hydrogen-bond donors (Lipinski definition) is 2. The molecule has 5 nitrogen and oxygen atoms in total. The summed E-state index contributed by atoms with van der Waals surface area (Å²) >= 11 is 6.51. The van der Waals surface area contributed by atoms with Gasteiger partial charge in [-0.1, -0.05) is 15.9 Å². The van der Waals surface area contributed by atoms with Gasteiger partial charge >= 0.3 is 0 Å². The molecule has 112 valence electrons. The van der Waals surface area contributed by atoms with Crippen LogP contribution in [0.25, 0.3) is 0 Å². The van der Waals surface area contributed by atoms with E-state index in [1.165, 1.54) is 0 Å². The maximum absolute atomic E-state index is 12.3. The van der Waals surface area contributed by atoms with Crippen molar-refractivity contribution >= 4 is 47.6 Å². The Hall–Kier alpha value is -0.150. The summed E-state index contributed by atoms with van der Waals surface area (Å²) in [5, 5.41) is 0. The van der Waals surface area contributed by atoms with Gasteiger partial charge in [0.05, 0.1) is 11.8 Å². The minimum atomic E-state index is -3.63. The fourth-order valence-corrected chi connectivity index (χ4v) is 5.28. The summed E-state index contributed by atoms with van der Waals surface area (Å²) in [6, 6.07) is 3.23. The Bertz CT molecular complexity index is 563. The summed E-state index contributed by atoms with van der Waals surface area (Å²) in [4.78, 5) is 0.0769. The highest BCUT2D eigenvalue weighted by atomic mass is 79.9. The van der Waals surface area contributed by atoms with Gasteiger partial charge in [0, 0.05) is 22.1 Å². The van der Waals surface area contributed by atoms with Crippen molar-refractivity contribution in [1.82, 2.24) is 4.72 Å². The summed E-state index contributed by atoms with van der Waals surface area (Å²) in [6.07, 6.45) is 2.87. The van der Waals surface area contributed by atoms with Crippen molar-refractivity contribution in [2.75, 3.05) is 18.9 Å². The van der Waals surface area contributed by atoms with Crippen LogP contribution in [0.3, 0.4) is 0 Å². The quantitative estimate of drug-likeness (QED) is 0.707. The molecule has 1 unspecified atom stereocenters. The molecule has 8 heteroatoms. The standard InChI is InChI=1S/C12H16Br2N2O3S/c13-8-6-10(14)12(11(15)7-8)20(17,18)16-4-3-9-2-1-5-19-9/h6-7,9,16H,1-5,15H2. The van der Waals surface area contributed by atoms with Crippen LogP contribution in [-0.4, -0.2) is 27.7 Å². The third kappa shape index (κ3) is 3.94. The van der Waals surface area contributed by atoms with Crippen molar-refractivity contribution in [3.63, 3.8) is 0 Å². The van der Waals surface area contributed by atoms with E-state index in [0.717, 1.165) is 23.9 Å². The minimum absolute atomic E-state index is 0.0769. The molecular weight excluding hydrogens is 412 g/mol. The molecule has 1 aliphatic rings. The molecule has 1 aromatic carbocycles. The molecular formula is C12H16Br2N2O3S. The zero-order valence-electron chi connectivity index (χ0n) is 10.7. The molecule has 1 aliphatic heterocycles. The number of halogens is 2. The summed E-state index contributed by atoms with van der Waals surface area (Å²) < 4.78 is 33.8.